The number of imidazole rings is 1. The van der Waals surface area contributed by atoms with Crippen LogP contribution < -0.4 is 0 Å². The van der Waals surface area contributed by atoms with Gasteiger partial charge in [0.1, 0.15) is 11.6 Å². The van der Waals surface area contributed by atoms with Crippen molar-refractivity contribution in [3.63, 3.8) is 0 Å². The minimum Gasteiger partial charge on any atom is -0.507 e. The van der Waals surface area contributed by atoms with E-state index in [4.69, 9.17) is 9.97 Å². The van der Waals surface area contributed by atoms with E-state index in [9.17, 15) is 5.11 Å². The Hall–Kier alpha value is -7.13. The minimum atomic E-state index is -0.343. The molecule has 4 nitrogen and oxygen atoms in total. The monoisotopic (exact) mass is 1130 g/mol. The Kier molecular flexibility index (Phi) is 14.0. The molecule has 2 heterocycles. The zero-order valence-electron chi connectivity index (χ0n) is 43.7. The van der Waals surface area contributed by atoms with E-state index in [1.165, 1.54) is 16.7 Å². The van der Waals surface area contributed by atoms with Gasteiger partial charge in [0.25, 0.3) is 0 Å². The van der Waals surface area contributed by atoms with E-state index in [1.54, 1.807) is 0 Å². The summed E-state index contributed by atoms with van der Waals surface area (Å²) in [6.45, 7) is 22.2. The molecule has 0 saturated carbocycles. The molecular formula is C68H64N3OPt-. The number of para-hydroxylation sites is 1. The first-order valence-corrected chi connectivity index (χ1v) is 25.3. The number of phenols is 1. The third kappa shape index (κ3) is 10.3. The van der Waals surface area contributed by atoms with Gasteiger partial charge in [-0.1, -0.05) is 232 Å². The van der Waals surface area contributed by atoms with Gasteiger partial charge >= 0.3 is 0 Å². The van der Waals surface area contributed by atoms with Gasteiger partial charge in [-0.15, -0.1) is 23.8 Å². The Bertz CT molecular complexity index is 3580. The van der Waals surface area contributed by atoms with E-state index >= 15 is 0 Å². The standard InChI is InChI=1S/C68H64N3O.Pt/c1-44(45-21-14-11-15-22-45)46-29-31-48(32-30-46)50-35-36-69-60(40-50)53-38-51(47-23-16-12-17-24-47)37-52(39-53)56-27-20-28-62-63(56)70-65(58-42-55(67(5,6)7)43-59(64(58)72)68(8,9)10)71(62)61-34-33-54(66(2,3)4)41-57(61)49-25-18-13-19-26-49;/h11-38,40-44,72H,1-10H3;/q-1;. The Morgan fingerprint density at radius 2 is 1.07 bits per heavy atom. The van der Waals surface area contributed by atoms with E-state index in [2.05, 4.69) is 268 Å². The molecule has 1 unspecified atom stereocenters. The van der Waals surface area contributed by atoms with E-state index < -0.39 is 0 Å². The second-order valence-electron chi connectivity index (χ2n) is 22.5. The van der Waals surface area contributed by atoms with Gasteiger partial charge in [-0.25, -0.2) is 4.98 Å². The second-order valence-corrected chi connectivity index (χ2v) is 22.5. The SMILES string of the molecule is CC(c1ccccc1)c1ccc(-c2ccnc(-c3[c-]c(-c4cccc5c4nc(-c4cc(C(C)(C)C)cc(C(C)(C)C)c4O)n5-c4ccc(C(C)(C)C)cc4-c4ccccc4)cc(-c4ccccc4)c3)c2)cc1.[Pt]. The van der Waals surface area contributed by atoms with Crippen LogP contribution in [-0.4, -0.2) is 19.6 Å². The molecule has 5 heteroatoms. The van der Waals surface area contributed by atoms with Crippen molar-refractivity contribution in [2.45, 2.75) is 91.4 Å². The molecule has 10 rings (SSSR count). The van der Waals surface area contributed by atoms with Gasteiger partial charge in [0.2, 0.25) is 0 Å². The average molecular weight is 1130 g/mol. The molecule has 0 radical (unpaired) electrons. The molecule has 1 N–H and O–H groups in total. The van der Waals surface area contributed by atoms with Crippen LogP contribution in [0, 0.1) is 6.07 Å². The van der Waals surface area contributed by atoms with Crippen molar-refractivity contribution in [3.05, 3.63) is 228 Å². The third-order valence-electron chi connectivity index (χ3n) is 14.2. The van der Waals surface area contributed by atoms with Gasteiger partial charge in [0.15, 0.2) is 0 Å². The number of aromatic hydroxyl groups is 1. The molecule has 0 saturated heterocycles. The van der Waals surface area contributed by atoms with Crippen LogP contribution >= 0.6 is 0 Å². The first-order valence-electron chi connectivity index (χ1n) is 25.3. The van der Waals surface area contributed by atoms with Crippen LogP contribution in [0.25, 0.3) is 83.9 Å². The van der Waals surface area contributed by atoms with Crippen LogP contribution in [0.1, 0.15) is 103 Å². The van der Waals surface area contributed by atoms with Gasteiger partial charge in [-0.3, -0.25) is 9.55 Å². The number of fused-ring (bicyclic) bond motifs is 1. The Morgan fingerprint density at radius 1 is 0.479 bits per heavy atom. The molecule has 0 aliphatic rings. The number of rotatable bonds is 9. The van der Waals surface area contributed by atoms with Crippen molar-refractivity contribution in [2.24, 2.45) is 0 Å². The van der Waals surface area contributed by atoms with Crippen molar-refractivity contribution >= 4 is 11.0 Å². The largest absolute Gasteiger partial charge is 0.507 e. The van der Waals surface area contributed by atoms with Crippen molar-refractivity contribution < 1.29 is 26.2 Å². The van der Waals surface area contributed by atoms with Crippen molar-refractivity contribution in [1.29, 1.82) is 0 Å². The van der Waals surface area contributed by atoms with E-state index in [0.717, 1.165) is 83.6 Å². The number of phenolic OH excluding ortho intramolecular Hbond substituents is 1. The molecule has 8 aromatic carbocycles. The van der Waals surface area contributed by atoms with Gasteiger partial charge in [0.05, 0.1) is 22.3 Å². The van der Waals surface area contributed by atoms with E-state index in [-0.39, 0.29) is 49.0 Å². The fourth-order valence-electron chi connectivity index (χ4n) is 9.90. The summed E-state index contributed by atoms with van der Waals surface area (Å²) in [5.74, 6) is 1.20. The molecule has 0 amide bonds. The van der Waals surface area contributed by atoms with Crippen LogP contribution in [-0.2, 0) is 37.3 Å². The first kappa shape index (κ1) is 50.8. The van der Waals surface area contributed by atoms with Crippen molar-refractivity contribution in [1.82, 2.24) is 14.5 Å². The molecule has 73 heavy (non-hydrogen) atoms. The van der Waals surface area contributed by atoms with Gasteiger partial charge in [-0.05, 0) is 91.1 Å². The second kappa shape index (κ2) is 20.1. The van der Waals surface area contributed by atoms with Crippen LogP contribution in [0.3, 0.4) is 0 Å². The topological polar surface area (TPSA) is 50.9 Å². The van der Waals surface area contributed by atoms with Crippen LogP contribution in [0.2, 0.25) is 0 Å². The minimum absolute atomic E-state index is 0. The molecular weight excluding hydrogens is 1070 g/mol. The summed E-state index contributed by atoms with van der Waals surface area (Å²) in [7, 11) is 0. The summed E-state index contributed by atoms with van der Waals surface area (Å²) in [6, 6.07) is 70.9. The summed E-state index contributed by atoms with van der Waals surface area (Å²) in [5.41, 5.74) is 18.7. The summed E-state index contributed by atoms with van der Waals surface area (Å²) in [6.07, 6.45) is 1.90. The third-order valence-corrected chi connectivity index (χ3v) is 14.2. The van der Waals surface area contributed by atoms with Crippen LogP contribution in [0.15, 0.2) is 194 Å². The maximum atomic E-state index is 12.6. The normalized spacial score (nSPS) is 12.4. The average Bonchev–Trinajstić information content (AvgIpc) is 3.77. The van der Waals surface area contributed by atoms with Crippen molar-refractivity contribution in [3.8, 4) is 78.6 Å². The number of hydrogen-bond acceptors (Lipinski definition) is 3. The number of hydrogen-bond donors (Lipinski definition) is 1. The summed E-state index contributed by atoms with van der Waals surface area (Å²) in [5, 5.41) is 12.6. The first-order chi connectivity index (χ1) is 34.4. The molecule has 0 fully saturated rings. The zero-order valence-corrected chi connectivity index (χ0v) is 45.9. The number of nitrogens with zero attached hydrogens (tertiary/aromatic N) is 3. The van der Waals surface area contributed by atoms with Crippen LogP contribution in [0.5, 0.6) is 5.75 Å². The smallest absolute Gasteiger partial charge is 0.148 e. The van der Waals surface area contributed by atoms with E-state index in [0.29, 0.717) is 11.4 Å². The number of pyridine rings is 1. The molecule has 0 spiro atoms. The molecule has 0 aliphatic heterocycles. The van der Waals surface area contributed by atoms with Gasteiger partial charge < -0.3 is 5.11 Å². The van der Waals surface area contributed by atoms with Crippen LogP contribution in [0.4, 0.5) is 0 Å². The molecule has 10 aromatic rings. The fraction of sp³-hybridized carbons (Fsp3) is 0.206. The maximum Gasteiger partial charge on any atom is 0.148 e. The molecule has 1 atom stereocenters. The predicted molar refractivity (Wildman–Crippen MR) is 302 cm³/mol. The zero-order chi connectivity index (χ0) is 50.5. The Balaban J connectivity index is 0.00000656. The Labute approximate surface area is 447 Å². The molecule has 368 valence electrons. The summed E-state index contributed by atoms with van der Waals surface area (Å²) in [4.78, 5) is 10.7. The number of aromatic nitrogens is 3. The molecule has 0 bridgehead atoms. The quantitative estimate of drug-likeness (QED) is 0.147. The Morgan fingerprint density at radius 3 is 1.71 bits per heavy atom. The fourth-order valence-corrected chi connectivity index (χ4v) is 9.90. The van der Waals surface area contributed by atoms with Gasteiger partial charge in [0, 0.05) is 50.0 Å². The summed E-state index contributed by atoms with van der Waals surface area (Å²) < 4.78 is 2.28. The molecule has 0 aliphatic carbocycles. The van der Waals surface area contributed by atoms with Gasteiger partial charge in [-0.2, -0.15) is 0 Å². The predicted octanol–water partition coefficient (Wildman–Crippen LogP) is 18.0. The number of benzene rings is 8. The van der Waals surface area contributed by atoms with E-state index in [1.807, 2.05) is 6.20 Å². The summed E-state index contributed by atoms with van der Waals surface area (Å²) >= 11 is 0. The molecule has 2 aromatic heterocycles. The van der Waals surface area contributed by atoms with Crippen molar-refractivity contribution in [2.75, 3.05) is 0 Å². The maximum absolute atomic E-state index is 12.6.